The molecule has 6 nitrogen and oxygen atoms in total. The number of methoxy groups -OCH3 is 2. The second-order valence-corrected chi connectivity index (χ2v) is 13.5. The first kappa shape index (κ1) is 35.1. The normalized spacial score (nSPS) is 17.1. The summed E-state index contributed by atoms with van der Waals surface area (Å²) in [5, 5.41) is 1.51. The van der Waals surface area contributed by atoms with E-state index in [2.05, 4.69) is 40.9 Å². The number of alkyl halides is 6. The number of fused-ring (bicyclic) bond motifs is 8. The summed E-state index contributed by atoms with van der Waals surface area (Å²) in [5.41, 5.74) is 3.83. The van der Waals surface area contributed by atoms with Gasteiger partial charge in [0.2, 0.25) is 11.6 Å². The van der Waals surface area contributed by atoms with Gasteiger partial charge in [-0.15, -0.1) is 0 Å². The van der Waals surface area contributed by atoms with Crippen LogP contribution in [0.2, 0.25) is 0 Å². The van der Waals surface area contributed by atoms with Crippen molar-refractivity contribution in [2.24, 2.45) is 0 Å². The number of hydrogen-bond donors (Lipinski definition) is 0. The first-order valence-corrected chi connectivity index (χ1v) is 16.6. The van der Waals surface area contributed by atoms with Gasteiger partial charge in [-0.25, -0.2) is 19.3 Å². The quantitative estimate of drug-likeness (QED) is 0.164. The maximum Gasteiger partial charge on any atom is 0.451 e. The molecule has 2 aliphatic rings. The smallest absolute Gasteiger partial charge is 0.451 e. The minimum atomic E-state index is -5.26. The van der Waals surface area contributed by atoms with Crippen LogP contribution in [0.3, 0.4) is 0 Å². The van der Waals surface area contributed by atoms with Gasteiger partial charge in [-0.3, -0.25) is 0 Å². The van der Waals surface area contributed by atoms with Gasteiger partial charge < -0.3 is 14.2 Å². The summed E-state index contributed by atoms with van der Waals surface area (Å²) in [5.74, 6) is -3.84. The number of nitrogens with zero attached hydrogens (tertiary/aromatic N) is 3. The molecule has 0 radical (unpaired) electrons. The number of benzene rings is 5. The molecule has 0 amide bonds. The van der Waals surface area contributed by atoms with Gasteiger partial charge in [0.25, 0.3) is 0 Å². The lowest BCUT2D eigenvalue weighted by Gasteiger charge is -2.38. The molecule has 1 aliphatic carbocycles. The third-order valence-corrected chi connectivity index (χ3v) is 10.0. The zero-order valence-corrected chi connectivity index (χ0v) is 28.9. The van der Waals surface area contributed by atoms with Crippen molar-refractivity contribution in [2.45, 2.75) is 37.2 Å². The van der Waals surface area contributed by atoms with Crippen molar-refractivity contribution in [3.8, 4) is 39.8 Å². The van der Waals surface area contributed by atoms with Crippen LogP contribution in [0.4, 0.5) is 30.7 Å². The summed E-state index contributed by atoms with van der Waals surface area (Å²) in [7, 11) is 3.07. The molecular weight excluding hydrogens is 715 g/mol. The van der Waals surface area contributed by atoms with Crippen molar-refractivity contribution >= 4 is 16.8 Å². The van der Waals surface area contributed by atoms with Gasteiger partial charge in [0.1, 0.15) is 11.6 Å². The molecule has 0 fully saturated rings. The predicted octanol–water partition coefficient (Wildman–Crippen LogP) is 10.5. The van der Waals surface area contributed by atoms with Gasteiger partial charge in [-0.1, -0.05) is 80.6 Å². The number of hydrogen-bond acceptors (Lipinski definition) is 6. The lowest BCUT2D eigenvalue weighted by Crippen LogP contribution is -2.35. The van der Waals surface area contributed by atoms with Crippen LogP contribution < -0.4 is 14.2 Å². The molecule has 0 N–H and O–H groups in total. The van der Waals surface area contributed by atoms with Crippen molar-refractivity contribution in [2.75, 3.05) is 14.2 Å². The van der Waals surface area contributed by atoms with Crippen LogP contribution in [0.5, 0.6) is 17.2 Å². The third kappa shape index (κ3) is 5.35. The summed E-state index contributed by atoms with van der Waals surface area (Å²) >= 11 is 0. The van der Waals surface area contributed by atoms with Crippen LogP contribution in [-0.2, 0) is 23.4 Å². The van der Waals surface area contributed by atoms with Crippen LogP contribution in [0.1, 0.15) is 53.3 Å². The second kappa shape index (κ2) is 12.0. The van der Waals surface area contributed by atoms with Crippen molar-refractivity contribution in [3.63, 3.8) is 0 Å². The van der Waals surface area contributed by atoms with E-state index in [1.165, 1.54) is 43.5 Å². The van der Waals surface area contributed by atoms with Crippen LogP contribution >= 0.6 is 0 Å². The molecular formula is C41H28F7N3O3. The SMILES string of the molecule is COc1cc2c3c(c4c(c2cc1OC)-c1ccccc1C4(C)C)C=CC(c1ccc(F)cc1)(c1ccc(-c2nc(C(F)(F)F)nc(C(F)(F)F)n2)cc1)O3. The van der Waals surface area contributed by atoms with Crippen molar-refractivity contribution < 1.29 is 44.9 Å². The highest BCUT2D eigenvalue weighted by molar-refractivity contribution is 6.09. The van der Waals surface area contributed by atoms with Crippen LogP contribution in [-0.4, -0.2) is 29.2 Å². The van der Waals surface area contributed by atoms with Crippen molar-refractivity contribution in [3.05, 3.63) is 136 Å². The molecule has 0 saturated heterocycles. The first-order valence-electron chi connectivity index (χ1n) is 16.6. The highest BCUT2D eigenvalue weighted by Gasteiger charge is 2.45. The maximum absolute atomic E-state index is 14.4. The lowest BCUT2D eigenvalue weighted by molar-refractivity contribution is -0.155. The van der Waals surface area contributed by atoms with Gasteiger partial charge in [0.15, 0.2) is 22.9 Å². The molecule has 5 aromatic carbocycles. The monoisotopic (exact) mass is 743 g/mol. The summed E-state index contributed by atoms with van der Waals surface area (Å²) in [6.07, 6.45) is -6.76. The molecule has 1 aromatic heterocycles. The van der Waals surface area contributed by atoms with Gasteiger partial charge in [0.05, 0.1) is 14.2 Å². The van der Waals surface area contributed by atoms with E-state index in [1.807, 2.05) is 36.4 Å². The largest absolute Gasteiger partial charge is 0.493 e. The van der Waals surface area contributed by atoms with Crippen molar-refractivity contribution in [1.82, 2.24) is 15.0 Å². The second-order valence-electron chi connectivity index (χ2n) is 13.5. The predicted molar refractivity (Wildman–Crippen MR) is 187 cm³/mol. The highest BCUT2D eigenvalue weighted by Crippen LogP contribution is 2.59. The Labute approximate surface area is 303 Å². The minimum absolute atomic E-state index is 0.133. The molecule has 0 bridgehead atoms. The van der Waals surface area contributed by atoms with Gasteiger partial charge in [0, 0.05) is 33.1 Å². The Bertz CT molecular complexity index is 2480. The third-order valence-electron chi connectivity index (χ3n) is 10.0. The van der Waals surface area contributed by atoms with E-state index in [-0.39, 0.29) is 5.56 Å². The first-order chi connectivity index (χ1) is 25.6. The lowest BCUT2D eigenvalue weighted by atomic mass is 9.76. The summed E-state index contributed by atoms with van der Waals surface area (Å²) in [4.78, 5) is 9.25. The molecule has 274 valence electrons. The Kier molecular flexibility index (Phi) is 7.81. The minimum Gasteiger partial charge on any atom is -0.493 e. The number of rotatable bonds is 5. The molecule has 54 heavy (non-hydrogen) atoms. The molecule has 1 unspecified atom stereocenters. The number of ether oxygens (including phenoxy) is 3. The average molecular weight is 744 g/mol. The van der Waals surface area contributed by atoms with Crippen LogP contribution in [0.25, 0.3) is 39.4 Å². The fourth-order valence-electron chi connectivity index (χ4n) is 7.58. The molecule has 13 heteroatoms. The van der Waals surface area contributed by atoms with E-state index in [0.29, 0.717) is 33.8 Å². The van der Waals surface area contributed by atoms with Crippen molar-refractivity contribution in [1.29, 1.82) is 0 Å². The van der Waals surface area contributed by atoms with Gasteiger partial charge >= 0.3 is 12.4 Å². The van der Waals surface area contributed by atoms with Gasteiger partial charge in [-0.2, -0.15) is 26.3 Å². The Morgan fingerprint density at radius 1 is 0.685 bits per heavy atom. The highest BCUT2D eigenvalue weighted by atomic mass is 19.4. The zero-order valence-electron chi connectivity index (χ0n) is 28.9. The molecule has 0 spiro atoms. The Balaban J connectivity index is 1.36. The summed E-state index contributed by atoms with van der Waals surface area (Å²) in [6.45, 7) is 4.27. The molecule has 0 saturated carbocycles. The Hall–Kier alpha value is -5.98. The zero-order chi connectivity index (χ0) is 38.4. The molecule has 6 aromatic rings. The Morgan fingerprint density at radius 2 is 1.24 bits per heavy atom. The molecule has 1 aliphatic heterocycles. The average Bonchev–Trinajstić information content (AvgIpc) is 3.40. The summed E-state index contributed by atoms with van der Waals surface area (Å²) < 4.78 is 114. The fraction of sp³-hybridized carbons (Fsp3) is 0.195. The van der Waals surface area contributed by atoms with E-state index in [0.717, 1.165) is 33.2 Å². The Morgan fingerprint density at radius 3 is 1.81 bits per heavy atom. The van der Waals surface area contributed by atoms with E-state index in [9.17, 15) is 30.7 Å². The fourth-order valence-corrected chi connectivity index (χ4v) is 7.58. The number of aromatic nitrogens is 3. The maximum atomic E-state index is 14.4. The van der Waals surface area contributed by atoms with E-state index in [4.69, 9.17) is 14.2 Å². The van der Waals surface area contributed by atoms with E-state index < -0.39 is 46.7 Å². The number of halogens is 7. The standard InChI is InChI=1S/C41H28F7N3O3/c1-38(2)29-8-6-5-7-25(29)32-27-19-30(52-3)31(53-4)20-28(27)34-26(33(32)38)17-18-39(54-34,23-13-15-24(42)16-14-23)22-11-9-21(10-12-22)35-49-36(40(43,44)45)51-37(50-35)41(46,47)48/h5-20H,1-4H3. The molecule has 8 rings (SSSR count). The van der Waals surface area contributed by atoms with Gasteiger partial charge in [-0.05, 0) is 58.0 Å². The van der Waals surface area contributed by atoms with E-state index in [1.54, 1.807) is 19.2 Å². The van der Waals surface area contributed by atoms with Crippen LogP contribution in [0.15, 0.2) is 91.0 Å². The summed E-state index contributed by atoms with van der Waals surface area (Å²) in [6, 6.07) is 23.1. The molecule has 2 heterocycles. The topological polar surface area (TPSA) is 66.4 Å². The van der Waals surface area contributed by atoms with E-state index >= 15 is 0 Å². The molecule has 1 atom stereocenters. The van der Waals surface area contributed by atoms with Crippen LogP contribution in [0, 0.1) is 5.82 Å².